The second-order valence-corrected chi connectivity index (χ2v) is 5.54. The van der Waals surface area contributed by atoms with Gasteiger partial charge in [-0.1, -0.05) is 44.6 Å². The number of halogens is 1. The second kappa shape index (κ2) is 7.84. The summed E-state index contributed by atoms with van der Waals surface area (Å²) >= 11 is 0. The van der Waals surface area contributed by atoms with Gasteiger partial charge in [0.25, 0.3) is 0 Å². The van der Waals surface area contributed by atoms with Crippen LogP contribution >= 0.6 is 0 Å². The largest absolute Gasteiger partial charge is 0.207 e. The van der Waals surface area contributed by atoms with Crippen LogP contribution in [0.1, 0.15) is 57.1 Å². The first-order chi connectivity index (χ1) is 10.2. The normalized spacial score (nSPS) is 10.4. The third-order valence-corrected chi connectivity index (χ3v) is 3.82. The summed E-state index contributed by atoms with van der Waals surface area (Å²) in [5.41, 5.74) is 1.78. The molecule has 2 aromatic carbocycles. The molecule has 0 aliphatic rings. The van der Waals surface area contributed by atoms with Crippen LogP contribution in [0.25, 0.3) is 10.8 Å². The van der Waals surface area contributed by atoms with Crippen LogP contribution in [-0.2, 0) is 6.42 Å². The van der Waals surface area contributed by atoms with Crippen LogP contribution in [-0.4, -0.2) is 0 Å². The Labute approximate surface area is 127 Å². The molecule has 0 fully saturated rings. The van der Waals surface area contributed by atoms with E-state index in [-0.39, 0.29) is 5.82 Å². The average Bonchev–Trinajstić information content (AvgIpc) is 2.48. The molecule has 0 bridgehead atoms. The number of fused-ring (bicyclic) bond motifs is 1. The summed E-state index contributed by atoms with van der Waals surface area (Å²) in [4.78, 5) is 0. The maximum atomic E-state index is 14.2. The highest BCUT2D eigenvalue weighted by molar-refractivity contribution is 5.84. The predicted octanol–water partition coefficient (Wildman–Crippen LogP) is 5.86. The lowest BCUT2D eigenvalue weighted by molar-refractivity contribution is 0.589. The highest BCUT2D eigenvalue weighted by atomic mass is 19.1. The summed E-state index contributed by atoms with van der Waals surface area (Å²) in [7, 11) is 0. The van der Waals surface area contributed by atoms with Gasteiger partial charge in [-0.15, -0.1) is 5.92 Å². The van der Waals surface area contributed by atoms with Crippen LogP contribution in [0.15, 0.2) is 30.3 Å². The Hall–Kier alpha value is -1.81. The van der Waals surface area contributed by atoms with Crippen molar-refractivity contribution < 1.29 is 4.39 Å². The van der Waals surface area contributed by atoms with E-state index in [2.05, 4.69) is 18.8 Å². The van der Waals surface area contributed by atoms with E-state index in [4.69, 9.17) is 0 Å². The summed E-state index contributed by atoms with van der Waals surface area (Å²) in [5.74, 6) is 5.81. The summed E-state index contributed by atoms with van der Waals surface area (Å²) in [5, 5.41) is 2.03. The molecule has 0 nitrogen and oxygen atoms in total. The van der Waals surface area contributed by atoms with E-state index in [9.17, 15) is 4.39 Å². The zero-order chi connectivity index (χ0) is 15.1. The van der Waals surface area contributed by atoms with E-state index >= 15 is 0 Å². The van der Waals surface area contributed by atoms with Crippen LogP contribution in [0, 0.1) is 17.7 Å². The molecule has 0 aliphatic carbocycles. The Morgan fingerprint density at radius 2 is 1.76 bits per heavy atom. The Morgan fingerprint density at radius 3 is 2.52 bits per heavy atom. The zero-order valence-corrected chi connectivity index (χ0v) is 13.0. The first kappa shape index (κ1) is 15.6. The van der Waals surface area contributed by atoms with Crippen molar-refractivity contribution in [1.82, 2.24) is 0 Å². The van der Waals surface area contributed by atoms with Crippen molar-refractivity contribution in [2.45, 2.75) is 52.4 Å². The first-order valence-corrected chi connectivity index (χ1v) is 7.89. The fraction of sp³-hybridized carbons (Fsp3) is 0.400. The van der Waals surface area contributed by atoms with Crippen molar-refractivity contribution in [1.29, 1.82) is 0 Å². The SMILES string of the molecule is CC#Cc1ccc2cc(CCCCCCC)c(F)cc2c1. The lowest BCUT2D eigenvalue weighted by Crippen LogP contribution is -1.92. The van der Waals surface area contributed by atoms with E-state index in [0.717, 1.165) is 34.7 Å². The molecule has 0 unspecified atom stereocenters. The van der Waals surface area contributed by atoms with E-state index in [1.807, 2.05) is 31.2 Å². The standard InChI is InChI=1S/C20H23F/c1-3-5-6-7-8-10-18-14-17-12-11-16(9-4-2)13-19(17)15-20(18)21/h11-15H,3,5-8,10H2,1-2H3. The number of rotatable bonds is 6. The van der Waals surface area contributed by atoms with Gasteiger partial charge in [-0.3, -0.25) is 0 Å². The molecule has 2 aromatic rings. The monoisotopic (exact) mass is 282 g/mol. The zero-order valence-electron chi connectivity index (χ0n) is 13.0. The smallest absolute Gasteiger partial charge is 0.127 e. The fourth-order valence-electron chi connectivity index (χ4n) is 2.65. The van der Waals surface area contributed by atoms with Gasteiger partial charge >= 0.3 is 0 Å². The summed E-state index contributed by atoms with van der Waals surface area (Å²) < 4.78 is 14.2. The molecule has 0 amide bonds. The maximum Gasteiger partial charge on any atom is 0.127 e. The average molecular weight is 282 g/mol. The molecule has 0 aliphatic heterocycles. The predicted molar refractivity (Wildman–Crippen MR) is 88.9 cm³/mol. The highest BCUT2D eigenvalue weighted by Crippen LogP contribution is 2.22. The van der Waals surface area contributed by atoms with Gasteiger partial charge in [0.1, 0.15) is 5.82 Å². The van der Waals surface area contributed by atoms with Crippen molar-refractivity contribution in [2.24, 2.45) is 0 Å². The van der Waals surface area contributed by atoms with Crippen molar-refractivity contribution in [3.8, 4) is 11.8 Å². The Bertz CT molecular complexity index is 659. The molecule has 110 valence electrons. The molecule has 0 spiro atoms. The Morgan fingerprint density at radius 1 is 0.952 bits per heavy atom. The lowest BCUT2D eigenvalue weighted by atomic mass is 10.00. The summed E-state index contributed by atoms with van der Waals surface area (Å²) in [6.07, 6.45) is 6.87. The van der Waals surface area contributed by atoms with Gasteiger partial charge < -0.3 is 0 Å². The van der Waals surface area contributed by atoms with Gasteiger partial charge in [0.05, 0.1) is 0 Å². The van der Waals surface area contributed by atoms with Gasteiger partial charge in [-0.2, -0.15) is 0 Å². The molecule has 21 heavy (non-hydrogen) atoms. The Balaban J connectivity index is 2.12. The Kier molecular flexibility index (Phi) is 5.81. The van der Waals surface area contributed by atoms with Crippen LogP contribution in [0.3, 0.4) is 0 Å². The summed E-state index contributed by atoms with van der Waals surface area (Å²) in [6, 6.07) is 9.64. The van der Waals surface area contributed by atoms with Crippen LogP contribution < -0.4 is 0 Å². The lowest BCUT2D eigenvalue weighted by Gasteiger charge is -2.07. The van der Waals surface area contributed by atoms with Crippen LogP contribution in [0.5, 0.6) is 0 Å². The van der Waals surface area contributed by atoms with Gasteiger partial charge in [-0.25, -0.2) is 4.39 Å². The minimum atomic E-state index is -0.0837. The molecule has 2 rings (SSSR count). The van der Waals surface area contributed by atoms with E-state index in [1.165, 1.54) is 25.7 Å². The van der Waals surface area contributed by atoms with Gasteiger partial charge in [0, 0.05) is 5.56 Å². The van der Waals surface area contributed by atoms with Gasteiger partial charge in [0.2, 0.25) is 0 Å². The van der Waals surface area contributed by atoms with Gasteiger partial charge in [-0.05, 0) is 60.4 Å². The molecular weight excluding hydrogens is 259 g/mol. The van der Waals surface area contributed by atoms with E-state index < -0.39 is 0 Å². The van der Waals surface area contributed by atoms with E-state index in [0.29, 0.717) is 0 Å². The molecule has 0 radical (unpaired) electrons. The topological polar surface area (TPSA) is 0 Å². The summed E-state index contributed by atoms with van der Waals surface area (Å²) in [6.45, 7) is 4.02. The van der Waals surface area contributed by atoms with Gasteiger partial charge in [0.15, 0.2) is 0 Å². The molecule has 0 heterocycles. The molecule has 0 N–H and O–H groups in total. The first-order valence-electron chi connectivity index (χ1n) is 7.89. The molecule has 0 saturated carbocycles. The molecule has 1 heteroatoms. The highest BCUT2D eigenvalue weighted by Gasteiger charge is 2.05. The number of benzene rings is 2. The van der Waals surface area contributed by atoms with Crippen molar-refractivity contribution >= 4 is 10.8 Å². The van der Waals surface area contributed by atoms with Crippen LogP contribution in [0.4, 0.5) is 4.39 Å². The number of hydrogen-bond donors (Lipinski definition) is 0. The van der Waals surface area contributed by atoms with Crippen molar-refractivity contribution in [3.63, 3.8) is 0 Å². The fourth-order valence-corrected chi connectivity index (χ4v) is 2.65. The minimum absolute atomic E-state index is 0.0837. The quantitative estimate of drug-likeness (QED) is 0.459. The van der Waals surface area contributed by atoms with Crippen molar-refractivity contribution in [2.75, 3.05) is 0 Å². The van der Waals surface area contributed by atoms with Crippen LogP contribution in [0.2, 0.25) is 0 Å². The molecular formula is C20H23F. The molecule has 0 atom stereocenters. The third-order valence-electron chi connectivity index (χ3n) is 3.82. The molecule has 0 saturated heterocycles. The third kappa shape index (κ3) is 4.33. The minimum Gasteiger partial charge on any atom is -0.207 e. The maximum absolute atomic E-state index is 14.2. The number of unbranched alkanes of at least 4 members (excludes halogenated alkanes) is 4. The number of aryl methyl sites for hydroxylation is 1. The second-order valence-electron chi connectivity index (χ2n) is 5.54. The van der Waals surface area contributed by atoms with E-state index in [1.54, 1.807) is 6.07 Å². The van der Waals surface area contributed by atoms with Crippen molar-refractivity contribution in [3.05, 3.63) is 47.3 Å². The number of hydrogen-bond acceptors (Lipinski definition) is 0. The molecule has 0 aromatic heterocycles.